The molecule has 14 heavy (non-hydrogen) atoms. The summed E-state index contributed by atoms with van der Waals surface area (Å²) in [6.45, 7) is 0.120. The molecule has 1 amide bonds. The number of aldehydes is 1. The third-order valence-corrected chi connectivity index (χ3v) is 2.31. The summed E-state index contributed by atoms with van der Waals surface area (Å²) in [7, 11) is 1.60. The lowest BCUT2D eigenvalue weighted by Crippen LogP contribution is -2.28. The minimum absolute atomic E-state index is 0.120. The fourth-order valence-corrected chi connectivity index (χ4v) is 1.27. The lowest BCUT2D eigenvalue weighted by molar-refractivity contribution is -0.108. The molecule has 0 spiro atoms. The van der Waals surface area contributed by atoms with Crippen LogP contribution in [0.4, 0.5) is 0 Å². The summed E-state index contributed by atoms with van der Waals surface area (Å²) in [5.41, 5.74) is 0.581. The molecule has 0 saturated carbocycles. The molecular formula is C10H10BrNO2. The molecule has 0 bridgehead atoms. The van der Waals surface area contributed by atoms with Crippen LogP contribution >= 0.6 is 15.9 Å². The van der Waals surface area contributed by atoms with Gasteiger partial charge < -0.3 is 9.69 Å². The van der Waals surface area contributed by atoms with Crippen LogP contribution in [-0.2, 0) is 4.79 Å². The van der Waals surface area contributed by atoms with E-state index in [9.17, 15) is 9.59 Å². The van der Waals surface area contributed by atoms with Gasteiger partial charge in [-0.05, 0) is 24.3 Å². The number of rotatable bonds is 3. The van der Waals surface area contributed by atoms with Gasteiger partial charge in [0.25, 0.3) is 5.91 Å². The van der Waals surface area contributed by atoms with Crippen LogP contribution in [0.5, 0.6) is 0 Å². The van der Waals surface area contributed by atoms with E-state index in [1.807, 2.05) is 0 Å². The van der Waals surface area contributed by atoms with Gasteiger partial charge in [0.05, 0.1) is 6.54 Å². The second-order valence-electron chi connectivity index (χ2n) is 2.86. The van der Waals surface area contributed by atoms with Crippen LogP contribution in [0.25, 0.3) is 0 Å². The Morgan fingerprint density at radius 1 is 1.43 bits per heavy atom. The first-order chi connectivity index (χ1) is 6.65. The Hall–Kier alpha value is -1.16. The highest BCUT2D eigenvalue weighted by Crippen LogP contribution is 2.11. The number of hydrogen-bond donors (Lipinski definition) is 0. The SMILES string of the molecule is CN(CC=O)C(=O)c1ccc(Br)cc1. The van der Waals surface area contributed by atoms with Crippen LogP contribution in [0.15, 0.2) is 28.7 Å². The first kappa shape index (κ1) is 10.9. The van der Waals surface area contributed by atoms with Crippen molar-refractivity contribution in [1.29, 1.82) is 0 Å². The fraction of sp³-hybridized carbons (Fsp3) is 0.200. The lowest BCUT2D eigenvalue weighted by atomic mass is 10.2. The summed E-state index contributed by atoms with van der Waals surface area (Å²) < 4.78 is 0.923. The third-order valence-electron chi connectivity index (χ3n) is 1.79. The number of likely N-dealkylation sites (N-methyl/N-ethyl adjacent to an activating group) is 1. The van der Waals surface area contributed by atoms with E-state index in [0.29, 0.717) is 11.8 Å². The number of halogens is 1. The molecule has 0 aliphatic rings. The van der Waals surface area contributed by atoms with Crippen molar-refractivity contribution in [3.05, 3.63) is 34.3 Å². The van der Waals surface area contributed by atoms with E-state index in [2.05, 4.69) is 15.9 Å². The Balaban J connectivity index is 2.78. The van der Waals surface area contributed by atoms with Gasteiger partial charge in [-0.25, -0.2) is 0 Å². The standard InChI is InChI=1S/C10H10BrNO2/c1-12(6-7-13)10(14)8-2-4-9(11)5-3-8/h2-5,7H,6H2,1H3. The van der Waals surface area contributed by atoms with Crippen molar-refractivity contribution in [2.24, 2.45) is 0 Å². The van der Waals surface area contributed by atoms with Gasteiger partial charge in [0.1, 0.15) is 6.29 Å². The quantitative estimate of drug-likeness (QED) is 0.772. The molecule has 0 aliphatic heterocycles. The molecule has 1 aromatic carbocycles. The average molecular weight is 256 g/mol. The van der Waals surface area contributed by atoms with Gasteiger partial charge in [-0.1, -0.05) is 15.9 Å². The molecule has 0 aromatic heterocycles. The number of benzene rings is 1. The highest BCUT2D eigenvalue weighted by molar-refractivity contribution is 9.10. The summed E-state index contributed by atoms with van der Waals surface area (Å²) >= 11 is 3.28. The molecule has 0 aliphatic carbocycles. The van der Waals surface area contributed by atoms with Crippen molar-refractivity contribution in [3.8, 4) is 0 Å². The summed E-state index contributed by atoms with van der Waals surface area (Å²) in [5.74, 6) is -0.149. The van der Waals surface area contributed by atoms with Crippen LogP contribution < -0.4 is 0 Å². The molecule has 0 N–H and O–H groups in total. The smallest absolute Gasteiger partial charge is 0.253 e. The minimum Gasteiger partial charge on any atom is -0.335 e. The van der Waals surface area contributed by atoms with Gasteiger partial charge >= 0.3 is 0 Å². The Kier molecular flexibility index (Phi) is 3.83. The Bertz CT molecular complexity index is 334. The zero-order valence-electron chi connectivity index (χ0n) is 7.74. The van der Waals surface area contributed by atoms with Crippen LogP contribution in [0.2, 0.25) is 0 Å². The minimum atomic E-state index is -0.149. The first-order valence-electron chi connectivity index (χ1n) is 4.10. The van der Waals surface area contributed by atoms with Crippen LogP contribution in [-0.4, -0.2) is 30.7 Å². The molecule has 0 radical (unpaired) electrons. The molecule has 0 atom stereocenters. The largest absolute Gasteiger partial charge is 0.335 e. The lowest BCUT2D eigenvalue weighted by Gasteiger charge is -2.13. The summed E-state index contributed by atoms with van der Waals surface area (Å²) in [6, 6.07) is 7.02. The second-order valence-corrected chi connectivity index (χ2v) is 3.77. The maximum atomic E-state index is 11.6. The number of carbonyl (C=O) groups is 2. The van der Waals surface area contributed by atoms with Crippen molar-refractivity contribution < 1.29 is 9.59 Å². The molecule has 4 heteroatoms. The van der Waals surface area contributed by atoms with E-state index in [1.54, 1.807) is 31.3 Å². The van der Waals surface area contributed by atoms with E-state index in [4.69, 9.17) is 0 Å². The van der Waals surface area contributed by atoms with Gasteiger partial charge in [-0.2, -0.15) is 0 Å². The second kappa shape index (κ2) is 4.91. The number of hydrogen-bond acceptors (Lipinski definition) is 2. The molecule has 74 valence electrons. The summed E-state index contributed by atoms with van der Waals surface area (Å²) in [6.07, 6.45) is 0.705. The zero-order chi connectivity index (χ0) is 10.6. The number of amides is 1. The van der Waals surface area contributed by atoms with E-state index < -0.39 is 0 Å². The van der Waals surface area contributed by atoms with E-state index in [1.165, 1.54) is 4.90 Å². The molecule has 0 saturated heterocycles. The molecular weight excluding hydrogens is 246 g/mol. The molecule has 0 fully saturated rings. The zero-order valence-corrected chi connectivity index (χ0v) is 9.32. The van der Waals surface area contributed by atoms with E-state index in [0.717, 1.165) is 4.47 Å². The predicted molar refractivity (Wildman–Crippen MR) is 57.2 cm³/mol. The molecule has 1 aromatic rings. The monoisotopic (exact) mass is 255 g/mol. The van der Waals surface area contributed by atoms with Crippen molar-refractivity contribution in [1.82, 2.24) is 4.90 Å². The number of nitrogens with zero attached hydrogens (tertiary/aromatic N) is 1. The van der Waals surface area contributed by atoms with E-state index >= 15 is 0 Å². The van der Waals surface area contributed by atoms with Crippen LogP contribution in [0.1, 0.15) is 10.4 Å². The highest BCUT2D eigenvalue weighted by atomic mass is 79.9. The Labute approximate surface area is 90.8 Å². The Morgan fingerprint density at radius 2 is 2.00 bits per heavy atom. The molecule has 0 unspecified atom stereocenters. The topological polar surface area (TPSA) is 37.4 Å². The molecule has 3 nitrogen and oxygen atoms in total. The van der Waals surface area contributed by atoms with Crippen molar-refractivity contribution in [3.63, 3.8) is 0 Å². The van der Waals surface area contributed by atoms with Gasteiger partial charge in [-0.15, -0.1) is 0 Å². The van der Waals surface area contributed by atoms with Crippen molar-refractivity contribution in [2.45, 2.75) is 0 Å². The van der Waals surface area contributed by atoms with Gasteiger partial charge in [0.15, 0.2) is 0 Å². The van der Waals surface area contributed by atoms with Crippen LogP contribution in [0.3, 0.4) is 0 Å². The molecule has 0 heterocycles. The van der Waals surface area contributed by atoms with Gasteiger partial charge in [-0.3, -0.25) is 4.79 Å². The number of carbonyl (C=O) groups excluding carboxylic acids is 2. The third kappa shape index (κ3) is 2.67. The van der Waals surface area contributed by atoms with Gasteiger partial charge in [0, 0.05) is 17.1 Å². The Morgan fingerprint density at radius 3 is 2.50 bits per heavy atom. The maximum Gasteiger partial charge on any atom is 0.253 e. The van der Waals surface area contributed by atoms with Gasteiger partial charge in [0.2, 0.25) is 0 Å². The summed E-state index contributed by atoms with van der Waals surface area (Å²) in [4.78, 5) is 23.2. The van der Waals surface area contributed by atoms with Crippen LogP contribution in [0, 0.1) is 0 Å². The average Bonchev–Trinajstić information content (AvgIpc) is 2.18. The van der Waals surface area contributed by atoms with Crippen molar-refractivity contribution >= 4 is 28.1 Å². The van der Waals surface area contributed by atoms with Crippen molar-refractivity contribution in [2.75, 3.05) is 13.6 Å². The fourth-order valence-electron chi connectivity index (χ4n) is 1.01. The maximum absolute atomic E-state index is 11.6. The predicted octanol–water partition coefficient (Wildman–Crippen LogP) is 1.72. The summed E-state index contributed by atoms with van der Waals surface area (Å²) in [5, 5.41) is 0. The molecule has 1 rings (SSSR count). The highest BCUT2D eigenvalue weighted by Gasteiger charge is 2.09. The van der Waals surface area contributed by atoms with E-state index in [-0.39, 0.29) is 12.5 Å². The first-order valence-corrected chi connectivity index (χ1v) is 4.89. The normalized spacial score (nSPS) is 9.57.